The second-order valence-electron chi connectivity index (χ2n) is 10.1. The first-order chi connectivity index (χ1) is 14.9. The van der Waals surface area contributed by atoms with Crippen LogP contribution in [-0.4, -0.2) is 27.2 Å². The summed E-state index contributed by atoms with van der Waals surface area (Å²) in [5.41, 5.74) is 6.46. The molecule has 172 valence electrons. The quantitative estimate of drug-likeness (QED) is 0.401. The maximum atomic E-state index is 12.4. The van der Waals surface area contributed by atoms with Gasteiger partial charge in [-0.3, -0.25) is 4.79 Å². The van der Waals surface area contributed by atoms with Gasteiger partial charge in [0.1, 0.15) is 0 Å². The molecular weight excluding hydrogens is 420 g/mol. The molecule has 32 heavy (non-hydrogen) atoms. The van der Waals surface area contributed by atoms with Gasteiger partial charge in [0, 0.05) is 0 Å². The highest BCUT2D eigenvalue weighted by atomic mass is 32.2. The summed E-state index contributed by atoms with van der Waals surface area (Å²) in [6, 6.07) is 13.6. The van der Waals surface area contributed by atoms with Gasteiger partial charge >= 0.3 is 5.97 Å². The number of allylic oxidation sites excluding steroid dienone is 1. The fourth-order valence-electron chi connectivity index (χ4n) is 4.38. The number of fused-ring (bicyclic) bond motifs is 1. The minimum atomic E-state index is -3.52. The summed E-state index contributed by atoms with van der Waals surface area (Å²) in [5.74, 6) is -0.782. The molecule has 0 aliphatic heterocycles. The van der Waals surface area contributed by atoms with Crippen LogP contribution in [-0.2, 0) is 30.2 Å². The SMILES string of the molecule is COC(=O)CCS(=O)(=O)c1ccc(/C=C(\C)c2ccc3c(c2)C(C)(C)CCC3(C)C)cc1. The topological polar surface area (TPSA) is 60.4 Å². The van der Waals surface area contributed by atoms with E-state index in [-0.39, 0.29) is 27.9 Å². The van der Waals surface area contributed by atoms with E-state index in [4.69, 9.17) is 0 Å². The summed E-state index contributed by atoms with van der Waals surface area (Å²) in [7, 11) is -2.27. The van der Waals surface area contributed by atoms with E-state index < -0.39 is 15.8 Å². The van der Waals surface area contributed by atoms with Gasteiger partial charge in [-0.05, 0) is 70.6 Å². The Kier molecular flexibility index (Phi) is 6.71. The Hall–Kier alpha value is -2.40. The molecule has 5 heteroatoms. The molecule has 0 N–H and O–H groups in total. The minimum absolute atomic E-state index is 0.148. The molecule has 0 unspecified atom stereocenters. The number of carbonyl (C=O) groups excluding carboxylic acids is 1. The molecule has 0 fully saturated rings. The predicted octanol–water partition coefficient (Wildman–Crippen LogP) is 5.93. The monoisotopic (exact) mass is 454 g/mol. The molecule has 0 radical (unpaired) electrons. The minimum Gasteiger partial charge on any atom is -0.469 e. The normalized spacial score (nSPS) is 17.5. The second-order valence-corrected chi connectivity index (χ2v) is 12.2. The second kappa shape index (κ2) is 8.86. The third-order valence-corrected chi connectivity index (χ3v) is 8.47. The van der Waals surface area contributed by atoms with E-state index in [0.717, 1.165) is 11.1 Å². The van der Waals surface area contributed by atoms with E-state index in [9.17, 15) is 13.2 Å². The molecule has 0 heterocycles. The number of carbonyl (C=O) groups is 1. The maximum absolute atomic E-state index is 12.4. The Morgan fingerprint density at radius 2 is 1.56 bits per heavy atom. The lowest BCUT2D eigenvalue weighted by Gasteiger charge is -2.42. The zero-order chi connectivity index (χ0) is 23.7. The van der Waals surface area contributed by atoms with Crippen molar-refractivity contribution < 1.29 is 17.9 Å². The zero-order valence-corrected chi connectivity index (χ0v) is 20.8. The molecule has 1 aliphatic rings. The summed E-state index contributed by atoms with van der Waals surface area (Å²) in [5, 5.41) is 0. The Labute approximate surface area is 192 Å². The lowest BCUT2D eigenvalue weighted by molar-refractivity contribution is -0.140. The van der Waals surface area contributed by atoms with Crippen molar-refractivity contribution in [1.29, 1.82) is 0 Å². The molecule has 0 spiro atoms. The lowest BCUT2D eigenvalue weighted by Crippen LogP contribution is -2.33. The summed E-state index contributed by atoms with van der Waals surface area (Å²) < 4.78 is 29.4. The largest absolute Gasteiger partial charge is 0.469 e. The average molecular weight is 455 g/mol. The van der Waals surface area contributed by atoms with Gasteiger partial charge in [0.05, 0.1) is 24.2 Å². The summed E-state index contributed by atoms with van der Waals surface area (Å²) in [6.45, 7) is 11.4. The number of hydrogen-bond acceptors (Lipinski definition) is 4. The van der Waals surface area contributed by atoms with Gasteiger partial charge in [0.2, 0.25) is 0 Å². The van der Waals surface area contributed by atoms with E-state index in [2.05, 4.69) is 63.6 Å². The van der Waals surface area contributed by atoms with Gasteiger partial charge < -0.3 is 4.74 Å². The number of esters is 1. The van der Waals surface area contributed by atoms with E-state index in [0.29, 0.717) is 0 Å². The van der Waals surface area contributed by atoms with Crippen LogP contribution in [0.25, 0.3) is 11.6 Å². The molecule has 3 rings (SSSR count). The number of rotatable bonds is 6. The molecule has 0 bridgehead atoms. The third kappa shape index (κ3) is 5.15. The van der Waals surface area contributed by atoms with Gasteiger partial charge in [0.25, 0.3) is 0 Å². The lowest BCUT2D eigenvalue weighted by atomic mass is 9.63. The van der Waals surface area contributed by atoms with E-state index >= 15 is 0 Å². The van der Waals surface area contributed by atoms with Gasteiger partial charge in [-0.2, -0.15) is 0 Å². The van der Waals surface area contributed by atoms with Crippen molar-refractivity contribution in [2.45, 2.75) is 69.6 Å². The number of sulfone groups is 1. The molecular formula is C27H34O4S. The Morgan fingerprint density at radius 1 is 0.969 bits per heavy atom. The van der Waals surface area contributed by atoms with Crippen LogP contribution < -0.4 is 0 Å². The third-order valence-electron chi connectivity index (χ3n) is 6.73. The van der Waals surface area contributed by atoms with Gasteiger partial charge in [-0.25, -0.2) is 8.42 Å². The molecule has 1 aliphatic carbocycles. The molecule has 0 saturated heterocycles. The summed E-state index contributed by atoms with van der Waals surface area (Å²) in [4.78, 5) is 11.5. The summed E-state index contributed by atoms with van der Waals surface area (Å²) >= 11 is 0. The Balaban J connectivity index is 1.85. The van der Waals surface area contributed by atoms with Crippen molar-refractivity contribution in [3.05, 3.63) is 64.7 Å². The number of benzene rings is 2. The highest BCUT2D eigenvalue weighted by Gasteiger charge is 2.36. The fraction of sp³-hybridized carbons (Fsp3) is 0.444. The van der Waals surface area contributed by atoms with Crippen molar-refractivity contribution >= 4 is 27.5 Å². The van der Waals surface area contributed by atoms with E-state index in [1.807, 2.05) is 0 Å². The van der Waals surface area contributed by atoms with E-state index in [1.165, 1.54) is 36.6 Å². The maximum Gasteiger partial charge on any atom is 0.306 e. The summed E-state index contributed by atoms with van der Waals surface area (Å²) in [6.07, 6.45) is 4.29. The number of hydrogen-bond donors (Lipinski definition) is 0. The van der Waals surface area contributed by atoms with Crippen LogP contribution in [0.3, 0.4) is 0 Å². The molecule has 0 amide bonds. The molecule has 0 saturated carbocycles. The van der Waals surface area contributed by atoms with Crippen LogP contribution in [0.1, 0.15) is 76.1 Å². The van der Waals surface area contributed by atoms with Gasteiger partial charge in [-0.15, -0.1) is 0 Å². The zero-order valence-electron chi connectivity index (χ0n) is 20.0. The van der Waals surface area contributed by atoms with Crippen LogP contribution in [0.5, 0.6) is 0 Å². The van der Waals surface area contributed by atoms with Crippen LogP contribution in [0.2, 0.25) is 0 Å². The first-order valence-electron chi connectivity index (χ1n) is 11.1. The highest BCUT2D eigenvalue weighted by Crippen LogP contribution is 2.46. The molecule has 0 atom stereocenters. The van der Waals surface area contributed by atoms with Gasteiger partial charge in [0.15, 0.2) is 9.84 Å². The first kappa shape index (κ1) is 24.2. The first-order valence-corrected chi connectivity index (χ1v) is 12.7. The van der Waals surface area contributed by atoms with Crippen molar-refractivity contribution in [2.24, 2.45) is 0 Å². The van der Waals surface area contributed by atoms with Crippen LogP contribution >= 0.6 is 0 Å². The molecule has 0 aromatic heterocycles. The number of methoxy groups -OCH3 is 1. The van der Waals surface area contributed by atoms with Crippen molar-refractivity contribution in [2.75, 3.05) is 12.9 Å². The molecule has 4 nitrogen and oxygen atoms in total. The average Bonchev–Trinajstić information content (AvgIpc) is 2.75. The van der Waals surface area contributed by atoms with Crippen LogP contribution in [0.15, 0.2) is 47.4 Å². The Bertz CT molecular complexity index is 1140. The standard InChI is InChI=1S/C27H34O4S/c1-19(21-9-12-23-24(18-21)27(4,5)15-14-26(23,2)3)17-20-7-10-22(11-8-20)32(29,30)16-13-25(28)31-6/h7-12,17-18H,13-16H2,1-6H3/b19-17+. The predicted molar refractivity (Wildman–Crippen MR) is 130 cm³/mol. The Morgan fingerprint density at radius 3 is 2.16 bits per heavy atom. The van der Waals surface area contributed by atoms with Gasteiger partial charge in [-0.1, -0.05) is 64.1 Å². The van der Waals surface area contributed by atoms with Crippen LogP contribution in [0.4, 0.5) is 0 Å². The molecule has 2 aromatic rings. The van der Waals surface area contributed by atoms with Crippen molar-refractivity contribution in [3.63, 3.8) is 0 Å². The van der Waals surface area contributed by atoms with Crippen molar-refractivity contribution in [3.8, 4) is 0 Å². The van der Waals surface area contributed by atoms with E-state index in [1.54, 1.807) is 24.3 Å². The van der Waals surface area contributed by atoms with Crippen molar-refractivity contribution in [1.82, 2.24) is 0 Å². The smallest absolute Gasteiger partial charge is 0.306 e. The number of ether oxygens (including phenoxy) is 1. The van der Waals surface area contributed by atoms with Crippen LogP contribution in [0, 0.1) is 0 Å². The highest BCUT2D eigenvalue weighted by molar-refractivity contribution is 7.91. The molecule has 2 aromatic carbocycles. The fourth-order valence-corrected chi connectivity index (χ4v) is 5.60.